The molecule has 2 aromatic heterocycles. The van der Waals surface area contributed by atoms with E-state index in [2.05, 4.69) is 86.9 Å². The Hall–Kier alpha value is -4.26. The molecule has 3 heterocycles. The van der Waals surface area contributed by atoms with E-state index in [4.69, 9.17) is 0 Å². The van der Waals surface area contributed by atoms with Gasteiger partial charge in [0.05, 0.1) is 5.52 Å². The third kappa shape index (κ3) is 4.31. The highest BCUT2D eigenvalue weighted by atomic mass is 16.1. The van der Waals surface area contributed by atoms with Crippen LogP contribution in [0.25, 0.3) is 10.9 Å². The van der Waals surface area contributed by atoms with Crippen LogP contribution in [-0.2, 0) is 19.4 Å². The molecule has 1 aliphatic rings. The minimum Gasteiger partial charge on any atom is -0.357 e. The highest BCUT2D eigenvalue weighted by Crippen LogP contribution is 2.37. The van der Waals surface area contributed by atoms with Crippen LogP contribution >= 0.6 is 0 Å². The molecule has 7 heteroatoms. The number of benzene rings is 3. The first-order valence-corrected chi connectivity index (χ1v) is 12.9. The number of pyridine rings is 1. The van der Waals surface area contributed by atoms with Gasteiger partial charge in [0.1, 0.15) is 6.04 Å². The van der Waals surface area contributed by atoms with Crippen LogP contribution in [0.1, 0.15) is 46.1 Å². The monoisotopic (exact) mass is 490 g/mol. The lowest BCUT2D eigenvalue weighted by Gasteiger charge is -2.37. The molecule has 1 aliphatic heterocycles. The second kappa shape index (κ2) is 9.65. The van der Waals surface area contributed by atoms with Crippen molar-refractivity contribution < 1.29 is 0 Å². The van der Waals surface area contributed by atoms with Crippen LogP contribution in [0.4, 0.5) is 5.69 Å². The molecule has 1 N–H and O–H groups in total. The lowest BCUT2D eigenvalue weighted by Crippen LogP contribution is -2.38. The maximum absolute atomic E-state index is 13.7. The summed E-state index contributed by atoms with van der Waals surface area (Å²) in [6, 6.07) is 24.6. The number of H-pyrrole nitrogens is 1. The number of rotatable bonds is 6. The first kappa shape index (κ1) is 23.2. The van der Waals surface area contributed by atoms with Crippen molar-refractivity contribution in [2.24, 2.45) is 0 Å². The van der Waals surface area contributed by atoms with Crippen molar-refractivity contribution in [3.63, 3.8) is 0 Å². The minimum atomic E-state index is -0.416. The molecule has 0 spiro atoms. The average Bonchev–Trinajstić information content (AvgIpc) is 3.39. The van der Waals surface area contributed by atoms with Crippen LogP contribution in [0, 0.1) is 13.8 Å². The van der Waals surface area contributed by atoms with Crippen molar-refractivity contribution in [2.45, 2.75) is 45.7 Å². The number of aromatic nitrogens is 5. The van der Waals surface area contributed by atoms with Gasteiger partial charge in [-0.1, -0.05) is 60.7 Å². The van der Waals surface area contributed by atoms with Gasteiger partial charge in [0.2, 0.25) is 0 Å². The summed E-state index contributed by atoms with van der Waals surface area (Å²) in [6.07, 6.45) is 2.82. The Morgan fingerprint density at radius 3 is 2.62 bits per heavy atom. The number of hydrogen-bond donors (Lipinski definition) is 1. The SMILES string of the molecule is Cc1ccc(C)c2[nH]c(=O)c(C(c3nnnn3CCc3ccccc3)N3CCCc4ccccc43)cc12. The van der Waals surface area contributed by atoms with E-state index in [0.29, 0.717) is 17.9 Å². The Balaban J connectivity index is 1.51. The number of hydrogen-bond acceptors (Lipinski definition) is 5. The van der Waals surface area contributed by atoms with Gasteiger partial charge >= 0.3 is 0 Å². The zero-order chi connectivity index (χ0) is 25.4. The highest BCUT2D eigenvalue weighted by molar-refractivity contribution is 5.85. The predicted octanol–water partition coefficient (Wildman–Crippen LogP) is 4.92. The van der Waals surface area contributed by atoms with E-state index in [1.165, 1.54) is 11.1 Å². The normalized spacial score (nSPS) is 14.1. The van der Waals surface area contributed by atoms with Crippen LogP contribution < -0.4 is 10.5 Å². The van der Waals surface area contributed by atoms with Crippen molar-refractivity contribution in [1.29, 1.82) is 0 Å². The van der Waals surface area contributed by atoms with Gasteiger partial charge in [-0.25, -0.2) is 4.68 Å². The molecule has 0 saturated heterocycles. The third-order valence-corrected chi connectivity index (χ3v) is 7.48. The predicted molar refractivity (Wildman–Crippen MR) is 146 cm³/mol. The Bertz CT molecular complexity index is 1620. The number of aryl methyl sites for hydroxylation is 5. The maximum atomic E-state index is 13.7. The zero-order valence-corrected chi connectivity index (χ0v) is 21.2. The molecule has 1 unspecified atom stereocenters. The van der Waals surface area contributed by atoms with Crippen molar-refractivity contribution in [3.05, 3.63) is 117 Å². The fourth-order valence-electron chi connectivity index (χ4n) is 5.52. The molecule has 3 aromatic carbocycles. The van der Waals surface area contributed by atoms with Crippen LogP contribution in [0.2, 0.25) is 0 Å². The minimum absolute atomic E-state index is 0.105. The Kier molecular flexibility index (Phi) is 6.04. The van der Waals surface area contributed by atoms with Crippen LogP contribution in [0.5, 0.6) is 0 Å². The summed E-state index contributed by atoms with van der Waals surface area (Å²) in [5.74, 6) is 0.683. The topological polar surface area (TPSA) is 79.7 Å². The molecule has 5 aromatic rings. The Morgan fingerprint density at radius 1 is 0.973 bits per heavy atom. The van der Waals surface area contributed by atoms with Gasteiger partial charge in [-0.05, 0) is 77.9 Å². The van der Waals surface area contributed by atoms with Crippen molar-refractivity contribution in [1.82, 2.24) is 25.2 Å². The van der Waals surface area contributed by atoms with E-state index in [1.807, 2.05) is 29.8 Å². The number of aromatic amines is 1. The van der Waals surface area contributed by atoms with Crippen molar-refractivity contribution >= 4 is 16.6 Å². The van der Waals surface area contributed by atoms with E-state index in [1.54, 1.807) is 0 Å². The van der Waals surface area contributed by atoms with Gasteiger partial charge in [0, 0.05) is 29.7 Å². The molecular formula is C30H30N6O. The maximum Gasteiger partial charge on any atom is 0.254 e. The summed E-state index contributed by atoms with van der Waals surface area (Å²) in [4.78, 5) is 19.2. The molecule has 186 valence electrons. The fraction of sp³-hybridized carbons (Fsp3) is 0.267. The molecule has 0 fully saturated rings. The molecule has 1 atom stereocenters. The molecule has 37 heavy (non-hydrogen) atoms. The molecule has 6 rings (SSSR count). The summed E-state index contributed by atoms with van der Waals surface area (Å²) in [5, 5.41) is 14.0. The molecule has 0 amide bonds. The summed E-state index contributed by atoms with van der Waals surface area (Å²) in [6.45, 7) is 5.55. The summed E-state index contributed by atoms with van der Waals surface area (Å²) in [7, 11) is 0. The van der Waals surface area contributed by atoms with Gasteiger partial charge in [-0.2, -0.15) is 0 Å². The number of anilines is 1. The van der Waals surface area contributed by atoms with E-state index >= 15 is 0 Å². The quantitative estimate of drug-likeness (QED) is 0.366. The smallest absolute Gasteiger partial charge is 0.254 e. The largest absolute Gasteiger partial charge is 0.357 e. The summed E-state index contributed by atoms with van der Waals surface area (Å²) >= 11 is 0. The number of fused-ring (bicyclic) bond motifs is 2. The van der Waals surface area contributed by atoms with Gasteiger partial charge in [0.15, 0.2) is 5.82 Å². The molecule has 0 radical (unpaired) electrons. The lowest BCUT2D eigenvalue weighted by molar-refractivity contribution is 0.526. The first-order valence-electron chi connectivity index (χ1n) is 12.9. The molecule has 0 aliphatic carbocycles. The highest BCUT2D eigenvalue weighted by Gasteiger charge is 2.33. The van der Waals surface area contributed by atoms with E-state index in [9.17, 15) is 4.79 Å². The van der Waals surface area contributed by atoms with E-state index in [-0.39, 0.29) is 5.56 Å². The Labute approximate surface area is 215 Å². The van der Waals surface area contributed by atoms with Crippen LogP contribution in [-0.4, -0.2) is 31.7 Å². The van der Waals surface area contributed by atoms with Crippen LogP contribution in [0.15, 0.2) is 77.6 Å². The standard InChI is InChI=1S/C30H30N6O/c1-20-14-15-21(2)27-24(20)19-25(30(37)31-27)28(35-17-8-12-23-11-6-7-13-26(23)35)29-32-33-34-36(29)18-16-22-9-4-3-5-10-22/h3-7,9-11,13-15,19,28H,8,12,16-18H2,1-2H3,(H,31,37). The number of tetrazole rings is 1. The second-order valence-electron chi connectivity index (χ2n) is 9.87. The molecule has 7 nitrogen and oxygen atoms in total. The summed E-state index contributed by atoms with van der Waals surface area (Å²) < 4.78 is 1.86. The van der Waals surface area contributed by atoms with Gasteiger partial charge < -0.3 is 9.88 Å². The Morgan fingerprint density at radius 2 is 1.76 bits per heavy atom. The van der Waals surface area contributed by atoms with Crippen molar-refractivity contribution in [2.75, 3.05) is 11.4 Å². The zero-order valence-electron chi connectivity index (χ0n) is 21.2. The summed E-state index contributed by atoms with van der Waals surface area (Å²) in [5.41, 5.74) is 7.26. The van der Waals surface area contributed by atoms with Crippen LogP contribution in [0.3, 0.4) is 0 Å². The number of nitrogens with zero attached hydrogens (tertiary/aromatic N) is 5. The van der Waals surface area contributed by atoms with E-state index < -0.39 is 6.04 Å². The van der Waals surface area contributed by atoms with Crippen molar-refractivity contribution in [3.8, 4) is 0 Å². The second-order valence-corrected chi connectivity index (χ2v) is 9.87. The molecule has 0 saturated carbocycles. The third-order valence-electron chi connectivity index (χ3n) is 7.48. The lowest BCUT2D eigenvalue weighted by atomic mass is 9.95. The van der Waals surface area contributed by atoms with Gasteiger partial charge in [-0.15, -0.1) is 5.10 Å². The molecule has 0 bridgehead atoms. The van der Waals surface area contributed by atoms with E-state index in [0.717, 1.165) is 53.5 Å². The fourth-order valence-corrected chi connectivity index (χ4v) is 5.52. The average molecular weight is 491 g/mol. The molecular weight excluding hydrogens is 460 g/mol. The first-order chi connectivity index (χ1) is 18.1. The number of nitrogens with one attached hydrogen (secondary N) is 1. The van der Waals surface area contributed by atoms with Gasteiger partial charge in [0.25, 0.3) is 5.56 Å². The van der Waals surface area contributed by atoms with Gasteiger partial charge in [-0.3, -0.25) is 4.79 Å². The number of para-hydroxylation sites is 1.